The Balaban J connectivity index is 1.32. The first-order chi connectivity index (χ1) is 14.6. The molecule has 0 saturated heterocycles. The third-order valence-corrected chi connectivity index (χ3v) is 5.75. The van der Waals surface area contributed by atoms with E-state index >= 15 is 0 Å². The van der Waals surface area contributed by atoms with Gasteiger partial charge in [0, 0.05) is 30.6 Å². The van der Waals surface area contributed by atoms with Crippen LogP contribution in [-0.4, -0.2) is 32.0 Å². The number of nitrogens with zero attached hydrogens (tertiary/aromatic N) is 4. The highest BCUT2D eigenvalue weighted by Gasteiger charge is 2.42. The largest absolute Gasteiger partial charge is 0.436 e. The molecule has 0 atom stereocenters. The number of carbonyl (C=O) groups excluding carboxylic acids is 1. The maximum atomic E-state index is 13.1. The molecule has 6 nitrogen and oxygen atoms in total. The third kappa shape index (κ3) is 5.02. The van der Waals surface area contributed by atoms with Crippen molar-refractivity contribution < 1.29 is 26.7 Å². The van der Waals surface area contributed by atoms with Crippen molar-refractivity contribution in [2.24, 2.45) is 0 Å². The number of halogens is 6. The number of amides is 1. The first-order valence-corrected chi connectivity index (χ1v) is 10.5. The Labute approximate surface area is 179 Å². The molecule has 0 bridgehead atoms. The average molecular weight is 466 g/mol. The van der Waals surface area contributed by atoms with Crippen molar-refractivity contribution in [1.29, 1.82) is 0 Å². The van der Waals surface area contributed by atoms with Crippen LogP contribution in [-0.2, 0) is 24.1 Å². The lowest BCUT2D eigenvalue weighted by molar-refractivity contribution is -0.141. The summed E-state index contributed by atoms with van der Waals surface area (Å²) in [6.45, 7) is 0.188. The maximum Gasteiger partial charge on any atom is 0.436 e. The van der Waals surface area contributed by atoms with E-state index in [4.69, 9.17) is 11.6 Å². The second-order valence-electron chi connectivity index (χ2n) is 7.97. The van der Waals surface area contributed by atoms with Crippen LogP contribution < -0.4 is 5.32 Å². The first kappa shape index (κ1) is 22.0. The minimum atomic E-state index is -4.62. The highest BCUT2D eigenvalue weighted by Crippen LogP contribution is 2.47. The SMILES string of the molecule is O=C(Cn1nc(C(F)F)cc1C1CC1)NCCCn1nc(C(F)(F)F)c(Cl)c1C1CC1. The smallest absolute Gasteiger partial charge is 0.354 e. The van der Waals surface area contributed by atoms with Gasteiger partial charge in [0.05, 0.1) is 10.7 Å². The molecule has 0 spiro atoms. The number of alkyl halides is 5. The summed E-state index contributed by atoms with van der Waals surface area (Å²) >= 11 is 5.94. The zero-order valence-corrected chi connectivity index (χ0v) is 17.2. The van der Waals surface area contributed by atoms with Gasteiger partial charge in [-0.3, -0.25) is 14.2 Å². The highest BCUT2D eigenvalue weighted by atomic mass is 35.5. The molecule has 2 aliphatic rings. The van der Waals surface area contributed by atoms with E-state index in [1.807, 2.05) is 0 Å². The van der Waals surface area contributed by atoms with Crippen LogP contribution in [0.5, 0.6) is 0 Å². The quantitative estimate of drug-likeness (QED) is 0.433. The number of nitrogens with one attached hydrogen (secondary N) is 1. The summed E-state index contributed by atoms with van der Waals surface area (Å²) in [5.74, 6) is -0.265. The predicted molar refractivity (Wildman–Crippen MR) is 101 cm³/mol. The predicted octanol–water partition coefficient (Wildman–Crippen LogP) is 4.65. The Kier molecular flexibility index (Phi) is 5.97. The Morgan fingerprint density at radius 2 is 1.84 bits per heavy atom. The second-order valence-corrected chi connectivity index (χ2v) is 8.35. The number of hydrogen-bond acceptors (Lipinski definition) is 3. The summed E-state index contributed by atoms with van der Waals surface area (Å²) in [6, 6.07) is 1.34. The normalized spacial score (nSPS) is 16.9. The molecule has 2 aromatic rings. The molecular formula is C19H21ClF5N5O. The summed E-state index contributed by atoms with van der Waals surface area (Å²) in [5, 5.41) is 9.79. The molecule has 2 heterocycles. The van der Waals surface area contributed by atoms with E-state index in [0.29, 0.717) is 17.8 Å². The molecule has 2 aliphatic carbocycles. The standard InChI is InChI=1S/C19H21ClF5N5O/c20-15-16(11-4-5-11)29(28-17(15)19(23,24)25)7-1-6-26-14(31)9-30-13(10-2-3-10)8-12(27-30)18(21)22/h8,10-11,18H,1-7,9H2,(H,26,31). The summed E-state index contributed by atoms with van der Waals surface area (Å²) in [6.07, 6.45) is -3.68. The number of aromatic nitrogens is 4. The third-order valence-electron chi connectivity index (χ3n) is 5.38. The van der Waals surface area contributed by atoms with E-state index in [9.17, 15) is 26.7 Å². The number of carbonyl (C=O) groups is 1. The summed E-state index contributed by atoms with van der Waals surface area (Å²) < 4.78 is 67.7. The van der Waals surface area contributed by atoms with Gasteiger partial charge in [-0.2, -0.15) is 23.4 Å². The van der Waals surface area contributed by atoms with Crippen molar-refractivity contribution in [2.45, 2.75) is 69.6 Å². The van der Waals surface area contributed by atoms with Gasteiger partial charge in [-0.1, -0.05) is 11.6 Å². The van der Waals surface area contributed by atoms with Crippen LogP contribution in [0.3, 0.4) is 0 Å². The van der Waals surface area contributed by atoms with Crippen LogP contribution >= 0.6 is 11.6 Å². The van der Waals surface area contributed by atoms with Crippen LogP contribution in [0.15, 0.2) is 6.07 Å². The average Bonchev–Trinajstić information content (AvgIpc) is 3.61. The van der Waals surface area contributed by atoms with E-state index in [0.717, 1.165) is 25.7 Å². The number of hydrogen-bond donors (Lipinski definition) is 1. The Bertz CT molecular complexity index is 962. The molecule has 31 heavy (non-hydrogen) atoms. The topological polar surface area (TPSA) is 64.7 Å². The van der Waals surface area contributed by atoms with Crippen molar-refractivity contribution >= 4 is 17.5 Å². The van der Waals surface area contributed by atoms with Gasteiger partial charge in [-0.15, -0.1) is 0 Å². The molecule has 2 saturated carbocycles. The van der Waals surface area contributed by atoms with E-state index in [-0.39, 0.29) is 42.2 Å². The molecule has 0 aromatic carbocycles. The molecule has 1 N–H and O–H groups in total. The zero-order chi connectivity index (χ0) is 22.3. The fourth-order valence-corrected chi connectivity index (χ4v) is 3.99. The van der Waals surface area contributed by atoms with Crippen LogP contribution in [0.25, 0.3) is 0 Å². The molecule has 170 valence electrons. The van der Waals surface area contributed by atoms with E-state index < -0.39 is 24.2 Å². The van der Waals surface area contributed by atoms with Crippen molar-refractivity contribution in [3.05, 3.63) is 33.9 Å². The van der Waals surface area contributed by atoms with Gasteiger partial charge in [0.2, 0.25) is 5.91 Å². The van der Waals surface area contributed by atoms with Gasteiger partial charge < -0.3 is 5.32 Å². The fourth-order valence-electron chi connectivity index (χ4n) is 3.59. The number of aryl methyl sites for hydroxylation is 1. The van der Waals surface area contributed by atoms with Crippen LogP contribution in [0.2, 0.25) is 5.02 Å². The molecule has 2 fully saturated rings. The second kappa shape index (κ2) is 8.40. The van der Waals surface area contributed by atoms with E-state index in [2.05, 4.69) is 15.5 Å². The monoisotopic (exact) mass is 465 g/mol. The van der Waals surface area contributed by atoms with Crippen molar-refractivity contribution in [2.75, 3.05) is 6.54 Å². The Morgan fingerprint density at radius 3 is 2.42 bits per heavy atom. The van der Waals surface area contributed by atoms with Gasteiger partial charge in [0.1, 0.15) is 12.2 Å². The van der Waals surface area contributed by atoms with Crippen molar-refractivity contribution in [3.8, 4) is 0 Å². The lowest BCUT2D eigenvalue weighted by Crippen LogP contribution is -2.30. The first-order valence-electron chi connectivity index (χ1n) is 10.1. The molecule has 12 heteroatoms. The van der Waals surface area contributed by atoms with Crippen LogP contribution in [0.1, 0.15) is 73.1 Å². The molecule has 0 aliphatic heterocycles. The molecule has 0 unspecified atom stereocenters. The zero-order valence-electron chi connectivity index (χ0n) is 16.4. The molecule has 4 rings (SSSR count). The fraction of sp³-hybridized carbons (Fsp3) is 0.632. The molecule has 0 radical (unpaired) electrons. The summed E-state index contributed by atoms with van der Waals surface area (Å²) in [5.41, 5.74) is -0.407. The minimum Gasteiger partial charge on any atom is -0.354 e. The maximum absolute atomic E-state index is 13.1. The summed E-state index contributed by atoms with van der Waals surface area (Å²) in [4.78, 5) is 12.2. The van der Waals surface area contributed by atoms with Crippen LogP contribution in [0, 0.1) is 0 Å². The molecular weight excluding hydrogens is 445 g/mol. The lowest BCUT2D eigenvalue weighted by Gasteiger charge is -2.09. The summed E-state index contributed by atoms with van der Waals surface area (Å²) in [7, 11) is 0. The molecule has 2 aromatic heterocycles. The minimum absolute atomic E-state index is 0.0182. The van der Waals surface area contributed by atoms with Gasteiger partial charge in [0.15, 0.2) is 5.69 Å². The lowest BCUT2D eigenvalue weighted by atomic mass is 10.2. The van der Waals surface area contributed by atoms with Crippen LogP contribution in [0.4, 0.5) is 22.0 Å². The van der Waals surface area contributed by atoms with Gasteiger partial charge >= 0.3 is 6.18 Å². The van der Waals surface area contributed by atoms with Crippen molar-refractivity contribution in [3.63, 3.8) is 0 Å². The van der Waals surface area contributed by atoms with E-state index in [1.165, 1.54) is 15.4 Å². The van der Waals surface area contributed by atoms with Gasteiger partial charge in [-0.05, 0) is 38.2 Å². The Hall–Kier alpha value is -2.17. The van der Waals surface area contributed by atoms with Crippen molar-refractivity contribution in [1.82, 2.24) is 24.9 Å². The Morgan fingerprint density at radius 1 is 1.16 bits per heavy atom. The van der Waals surface area contributed by atoms with Gasteiger partial charge in [0.25, 0.3) is 6.43 Å². The van der Waals surface area contributed by atoms with E-state index in [1.54, 1.807) is 0 Å². The number of rotatable bonds is 9. The highest BCUT2D eigenvalue weighted by molar-refractivity contribution is 6.32. The molecule has 1 amide bonds. The van der Waals surface area contributed by atoms with Gasteiger partial charge in [-0.25, -0.2) is 8.78 Å².